The number of benzene rings is 1. The Bertz CT molecular complexity index is 479. The molecule has 0 amide bonds. The maximum absolute atomic E-state index is 12.2. The molecule has 0 unspecified atom stereocenters. The molecule has 1 aliphatic rings. The van der Waals surface area contributed by atoms with Crippen molar-refractivity contribution in [2.45, 2.75) is 11.8 Å². The van der Waals surface area contributed by atoms with Crippen LogP contribution in [0.2, 0.25) is 0 Å². The fourth-order valence-corrected chi connectivity index (χ4v) is 3.50. The average Bonchev–Trinajstić information content (AvgIpc) is 2.30. The minimum atomic E-state index is -3.18. The number of nitrogens with zero attached hydrogens (tertiary/aromatic N) is 1. The van der Waals surface area contributed by atoms with Crippen molar-refractivity contribution >= 4 is 9.84 Å². The molecule has 94 valence electrons. The van der Waals surface area contributed by atoms with Gasteiger partial charge in [0.25, 0.3) is 0 Å². The minimum Gasteiger partial charge on any atom is -0.314 e. The molecule has 1 heterocycles. The van der Waals surface area contributed by atoms with Crippen molar-refractivity contribution in [3.63, 3.8) is 0 Å². The van der Waals surface area contributed by atoms with Gasteiger partial charge in [0, 0.05) is 26.2 Å². The molecule has 5 heteroatoms. The number of sulfone groups is 1. The third-order valence-electron chi connectivity index (χ3n) is 2.91. The van der Waals surface area contributed by atoms with Gasteiger partial charge in [0.2, 0.25) is 0 Å². The van der Waals surface area contributed by atoms with Crippen molar-refractivity contribution in [2.75, 3.05) is 32.1 Å². The van der Waals surface area contributed by atoms with Crippen molar-refractivity contribution in [3.8, 4) is 0 Å². The molecule has 0 saturated carbocycles. The summed E-state index contributed by atoms with van der Waals surface area (Å²) in [6, 6.07) is 7.10. The molecule has 0 bridgehead atoms. The third kappa shape index (κ3) is 3.28. The Morgan fingerprint density at radius 3 is 2.65 bits per heavy atom. The first kappa shape index (κ1) is 12.5. The van der Waals surface area contributed by atoms with E-state index in [1.54, 1.807) is 18.2 Å². The molecule has 0 aliphatic carbocycles. The van der Waals surface area contributed by atoms with Crippen molar-refractivity contribution < 1.29 is 8.42 Å². The first-order valence-electron chi connectivity index (χ1n) is 5.80. The quantitative estimate of drug-likeness (QED) is 0.859. The van der Waals surface area contributed by atoms with Crippen LogP contribution >= 0.6 is 0 Å². The molecule has 0 aromatic heterocycles. The first-order chi connectivity index (χ1) is 8.08. The van der Waals surface area contributed by atoms with Crippen molar-refractivity contribution in [1.29, 1.82) is 0 Å². The largest absolute Gasteiger partial charge is 0.314 e. The zero-order valence-corrected chi connectivity index (χ0v) is 10.8. The highest BCUT2D eigenvalue weighted by molar-refractivity contribution is 7.91. The first-order valence-corrected chi connectivity index (χ1v) is 7.46. The monoisotopic (exact) mass is 254 g/mol. The SMILES string of the molecule is Cc1cccc(S(=O)(=O)CN2CCNCC2)c1. The molecule has 1 saturated heterocycles. The summed E-state index contributed by atoms with van der Waals surface area (Å²) in [7, 11) is -3.18. The van der Waals surface area contributed by atoms with Gasteiger partial charge in [-0.3, -0.25) is 4.90 Å². The van der Waals surface area contributed by atoms with E-state index in [9.17, 15) is 8.42 Å². The Morgan fingerprint density at radius 2 is 2.00 bits per heavy atom. The number of nitrogens with one attached hydrogen (secondary N) is 1. The van der Waals surface area contributed by atoms with Crippen LogP contribution in [0.5, 0.6) is 0 Å². The molecule has 2 rings (SSSR count). The van der Waals surface area contributed by atoms with Crippen LogP contribution in [-0.4, -0.2) is 45.4 Å². The standard InChI is InChI=1S/C12H18N2O2S/c1-11-3-2-4-12(9-11)17(15,16)10-14-7-5-13-6-8-14/h2-4,9,13H,5-8,10H2,1H3. The van der Waals surface area contributed by atoms with E-state index in [0.717, 1.165) is 31.7 Å². The zero-order chi connectivity index (χ0) is 12.3. The highest BCUT2D eigenvalue weighted by Gasteiger charge is 2.20. The zero-order valence-electron chi connectivity index (χ0n) is 10.0. The molecule has 1 aliphatic heterocycles. The van der Waals surface area contributed by atoms with E-state index in [4.69, 9.17) is 0 Å². The lowest BCUT2D eigenvalue weighted by atomic mass is 10.2. The van der Waals surface area contributed by atoms with Gasteiger partial charge >= 0.3 is 0 Å². The molecular formula is C12H18N2O2S. The summed E-state index contributed by atoms with van der Waals surface area (Å²) < 4.78 is 24.4. The topological polar surface area (TPSA) is 49.4 Å². The van der Waals surface area contributed by atoms with E-state index in [1.165, 1.54) is 0 Å². The summed E-state index contributed by atoms with van der Waals surface area (Å²) in [5.74, 6) is 0.123. The Kier molecular flexibility index (Phi) is 3.81. The number of rotatable bonds is 3. The molecule has 1 aromatic carbocycles. The van der Waals surface area contributed by atoms with E-state index < -0.39 is 9.84 Å². The Morgan fingerprint density at radius 1 is 1.29 bits per heavy atom. The summed E-state index contributed by atoms with van der Waals surface area (Å²) in [6.07, 6.45) is 0. The van der Waals surface area contributed by atoms with Gasteiger partial charge in [-0.25, -0.2) is 8.42 Å². The number of hydrogen-bond donors (Lipinski definition) is 1. The Labute approximate surface area is 103 Å². The van der Waals surface area contributed by atoms with E-state index in [2.05, 4.69) is 5.32 Å². The number of piperazine rings is 1. The van der Waals surface area contributed by atoms with Gasteiger partial charge in [0.05, 0.1) is 4.90 Å². The smallest absolute Gasteiger partial charge is 0.191 e. The van der Waals surface area contributed by atoms with Crippen LogP contribution in [0.3, 0.4) is 0 Å². The third-order valence-corrected chi connectivity index (χ3v) is 4.59. The highest BCUT2D eigenvalue weighted by atomic mass is 32.2. The molecular weight excluding hydrogens is 236 g/mol. The maximum atomic E-state index is 12.2. The molecule has 0 radical (unpaired) electrons. The highest BCUT2D eigenvalue weighted by Crippen LogP contribution is 2.14. The summed E-state index contributed by atoms with van der Waals surface area (Å²) in [6.45, 7) is 5.23. The van der Waals surface area contributed by atoms with Crippen molar-refractivity contribution in [2.24, 2.45) is 0 Å². The molecule has 0 spiro atoms. The van der Waals surface area contributed by atoms with Gasteiger partial charge in [0.1, 0.15) is 5.88 Å². The average molecular weight is 254 g/mol. The Hall–Kier alpha value is -0.910. The Balaban J connectivity index is 2.13. The number of hydrogen-bond acceptors (Lipinski definition) is 4. The van der Waals surface area contributed by atoms with Crippen molar-refractivity contribution in [1.82, 2.24) is 10.2 Å². The van der Waals surface area contributed by atoms with Crippen LogP contribution in [0, 0.1) is 6.92 Å². The summed E-state index contributed by atoms with van der Waals surface area (Å²) >= 11 is 0. The molecule has 1 aromatic rings. The molecule has 1 fully saturated rings. The van der Waals surface area contributed by atoms with Gasteiger partial charge in [0.15, 0.2) is 9.84 Å². The van der Waals surface area contributed by atoms with Crippen LogP contribution in [0.4, 0.5) is 0 Å². The predicted molar refractivity (Wildman–Crippen MR) is 67.7 cm³/mol. The number of aryl methyl sites for hydroxylation is 1. The van der Waals surface area contributed by atoms with Crippen LogP contribution in [0.25, 0.3) is 0 Å². The second-order valence-corrected chi connectivity index (χ2v) is 6.39. The fraction of sp³-hybridized carbons (Fsp3) is 0.500. The second kappa shape index (κ2) is 5.16. The fourth-order valence-electron chi connectivity index (χ4n) is 1.96. The lowest BCUT2D eigenvalue weighted by Gasteiger charge is -2.26. The molecule has 17 heavy (non-hydrogen) atoms. The van der Waals surface area contributed by atoms with Crippen LogP contribution < -0.4 is 5.32 Å². The lowest BCUT2D eigenvalue weighted by Crippen LogP contribution is -2.45. The van der Waals surface area contributed by atoms with E-state index in [0.29, 0.717) is 4.90 Å². The predicted octanol–water partition coefficient (Wildman–Crippen LogP) is 0.631. The van der Waals surface area contributed by atoms with Gasteiger partial charge in [-0.1, -0.05) is 12.1 Å². The second-order valence-electron chi connectivity index (χ2n) is 4.43. The molecule has 4 nitrogen and oxygen atoms in total. The van der Waals surface area contributed by atoms with Gasteiger partial charge in [-0.05, 0) is 24.6 Å². The molecule has 0 atom stereocenters. The summed E-state index contributed by atoms with van der Waals surface area (Å²) in [5.41, 5.74) is 0.978. The van der Waals surface area contributed by atoms with Crippen LogP contribution in [0.15, 0.2) is 29.2 Å². The van der Waals surface area contributed by atoms with Crippen LogP contribution in [-0.2, 0) is 9.84 Å². The lowest BCUT2D eigenvalue weighted by molar-refractivity contribution is 0.274. The van der Waals surface area contributed by atoms with E-state index >= 15 is 0 Å². The minimum absolute atomic E-state index is 0.123. The van der Waals surface area contributed by atoms with Gasteiger partial charge in [-0.2, -0.15) is 0 Å². The van der Waals surface area contributed by atoms with Crippen LogP contribution in [0.1, 0.15) is 5.56 Å². The summed E-state index contributed by atoms with van der Waals surface area (Å²) in [4.78, 5) is 2.41. The van der Waals surface area contributed by atoms with E-state index in [1.807, 2.05) is 17.9 Å². The normalized spacial score (nSPS) is 18.2. The van der Waals surface area contributed by atoms with Gasteiger partial charge in [-0.15, -0.1) is 0 Å². The van der Waals surface area contributed by atoms with Gasteiger partial charge < -0.3 is 5.32 Å². The summed E-state index contributed by atoms with van der Waals surface area (Å²) in [5, 5.41) is 3.21. The maximum Gasteiger partial charge on any atom is 0.191 e. The van der Waals surface area contributed by atoms with E-state index in [-0.39, 0.29) is 5.88 Å². The van der Waals surface area contributed by atoms with Crippen molar-refractivity contribution in [3.05, 3.63) is 29.8 Å². The molecule has 1 N–H and O–H groups in total.